The molecule has 0 aliphatic heterocycles. The fourth-order valence-electron chi connectivity index (χ4n) is 1.85. The average molecular weight is 385 g/mol. The maximum Gasteiger partial charge on any atom is 0.261 e. The van der Waals surface area contributed by atoms with Crippen molar-refractivity contribution in [3.8, 4) is 0 Å². The first-order valence-corrected chi connectivity index (χ1v) is 8.67. The van der Waals surface area contributed by atoms with Crippen molar-refractivity contribution in [1.29, 1.82) is 0 Å². The minimum absolute atomic E-state index is 0.167. The van der Waals surface area contributed by atoms with E-state index in [1.807, 2.05) is 6.07 Å². The summed E-state index contributed by atoms with van der Waals surface area (Å²) in [5.74, 6) is 0. The number of aryl methyl sites for hydroxylation is 1. The Labute approximate surface area is 137 Å². The van der Waals surface area contributed by atoms with Crippen LogP contribution in [-0.2, 0) is 10.0 Å². The molecule has 3 N–H and O–H groups in total. The van der Waals surface area contributed by atoms with Crippen LogP contribution in [0.15, 0.2) is 51.8 Å². The second-order valence-electron chi connectivity index (χ2n) is 4.46. The zero-order chi connectivity index (χ0) is 15.6. The molecular formula is C14H13BrN2O2S2. The van der Waals surface area contributed by atoms with E-state index in [2.05, 4.69) is 20.7 Å². The lowest BCUT2D eigenvalue weighted by Crippen LogP contribution is -2.15. The molecule has 0 radical (unpaired) electrons. The van der Waals surface area contributed by atoms with E-state index in [0.29, 0.717) is 11.3 Å². The third-order valence-corrected chi connectivity index (χ3v) is 4.94. The smallest absolute Gasteiger partial charge is 0.261 e. The number of hydrogen-bond donors (Lipinski definition) is 2. The molecule has 21 heavy (non-hydrogen) atoms. The predicted molar refractivity (Wildman–Crippen MR) is 92.0 cm³/mol. The van der Waals surface area contributed by atoms with Gasteiger partial charge >= 0.3 is 0 Å². The number of rotatable bonds is 4. The molecule has 2 aromatic carbocycles. The molecule has 0 amide bonds. The van der Waals surface area contributed by atoms with Crippen molar-refractivity contribution in [2.24, 2.45) is 5.73 Å². The first-order chi connectivity index (χ1) is 9.79. The first kappa shape index (κ1) is 15.9. The summed E-state index contributed by atoms with van der Waals surface area (Å²) in [6.45, 7) is 1.77. The summed E-state index contributed by atoms with van der Waals surface area (Å²) < 4.78 is 28.0. The van der Waals surface area contributed by atoms with Crippen molar-refractivity contribution in [2.45, 2.75) is 11.8 Å². The third-order valence-electron chi connectivity index (χ3n) is 2.85. The van der Waals surface area contributed by atoms with Crippen LogP contribution in [0, 0.1) is 6.92 Å². The molecule has 0 unspecified atom stereocenters. The second-order valence-corrected chi connectivity index (χ2v) is 7.49. The molecule has 2 rings (SSSR count). The molecule has 0 atom stereocenters. The molecule has 0 aromatic heterocycles. The molecule has 0 spiro atoms. The second kappa shape index (κ2) is 6.13. The van der Waals surface area contributed by atoms with Gasteiger partial charge in [0.15, 0.2) is 0 Å². The normalized spacial score (nSPS) is 11.1. The quantitative estimate of drug-likeness (QED) is 0.793. The van der Waals surface area contributed by atoms with Gasteiger partial charge in [0.1, 0.15) is 4.99 Å². The van der Waals surface area contributed by atoms with E-state index in [1.54, 1.807) is 37.3 Å². The highest BCUT2D eigenvalue weighted by Crippen LogP contribution is 2.21. The highest BCUT2D eigenvalue weighted by molar-refractivity contribution is 9.10. The van der Waals surface area contributed by atoms with Gasteiger partial charge in [-0.25, -0.2) is 8.42 Å². The van der Waals surface area contributed by atoms with Crippen LogP contribution in [-0.4, -0.2) is 13.4 Å². The molecule has 0 saturated carbocycles. The number of halogens is 1. The minimum atomic E-state index is -3.65. The fraction of sp³-hybridized carbons (Fsp3) is 0.0714. The van der Waals surface area contributed by atoms with Crippen LogP contribution in [0.1, 0.15) is 11.1 Å². The first-order valence-electron chi connectivity index (χ1n) is 5.98. The van der Waals surface area contributed by atoms with Crippen molar-refractivity contribution >= 4 is 48.8 Å². The van der Waals surface area contributed by atoms with Gasteiger partial charge in [-0.2, -0.15) is 0 Å². The Bertz CT molecular complexity index is 804. The van der Waals surface area contributed by atoms with Gasteiger partial charge in [0.25, 0.3) is 10.0 Å². The number of benzene rings is 2. The minimum Gasteiger partial charge on any atom is -0.389 e. The summed E-state index contributed by atoms with van der Waals surface area (Å²) >= 11 is 8.21. The lowest BCUT2D eigenvalue weighted by molar-refractivity contribution is 0.601. The van der Waals surface area contributed by atoms with Crippen LogP contribution in [0.25, 0.3) is 0 Å². The van der Waals surface area contributed by atoms with Crippen LogP contribution >= 0.6 is 28.1 Å². The number of nitrogens with two attached hydrogens (primary N) is 1. The SMILES string of the molecule is Cc1cc(S(=O)(=O)Nc2cccc(Br)c2)ccc1C(N)=S. The van der Waals surface area contributed by atoms with Crippen molar-refractivity contribution < 1.29 is 8.42 Å². The number of thiocarbonyl (C=S) groups is 1. The van der Waals surface area contributed by atoms with Gasteiger partial charge < -0.3 is 5.73 Å². The van der Waals surface area contributed by atoms with Crippen molar-refractivity contribution in [3.63, 3.8) is 0 Å². The standard InChI is InChI=1S/C14H13BrN2O2S2/c1-9-7-12(5-6-13(9)14(16)20)21(18,19)17-11-4-2-3-10(15)8-11/h2-8,17H,1H3,(H2,16,20). The molecule has 0 fully saturated rings. The van der Waals surface area contributed by atoms with E-state index in [4.69, 9.17) is 18.0 Å². The van der Waals surface area contributed by atoms with Gasteiger partial charge in [-0.1, -0.05) is 40.3 Å². The van der Waals surface area contributed by atoms with E-state index < -0.39 is 10.0 Å². The van der Waals surface area contributed by atoms with Crippen molar-refractivity contribution in [3.05, 3.63) is 58.1 Å². The Morgan fingerprint density at radius 1 is 1.24 bits per heavy atom. The summed E-state index contributed by atoms with van der Waals surface area (Å²) in [4.78, 5) is 0.413. The third kappa shape index (κ3) is 3.81. The molecule has 0 aliphatic carbocycles. The van der Waals surface area contributed by atoms with Gasteiger partial charge in [0.05, 0.1) is 4.90 Å². The molecular weight excluding hydrogens is 372 g/mol. The molecule has 2 aromatic rings. The molecule has 110 valence electrons. The lowest BCUT2D eigenvalue weighted by Gasteiger charge is -2.10. The van der Waals surface area contributed by atoms with Crippen molar-refractivity contribution in [2.75, 3.05) is 4.72 Å². The summed E-state index contributed by atoms with van der Waals surface area (Å²) in [6.07, 6.45) is 0. The van der Waals surface area contributed by atoms with Crippen LogP contribution < -0.4 is 10.5 Å². The van der Waals surface area contributed by atoms with E-state index in [1.165, 1.54) is 6.07 Å². The van der Waals surface area contributed by atoms with E-state index in [-0.39, 0.29) is 9.88 Å². The maximum atomic E-state index is 12.4. The van der Waals surface area contributed by atoms with Gasteiger partial charge in [-0.3, -0.25) is 4.72 Å². The molecule has 0 heterocycles. The highest BCUT2D eigenvalue weighted by atomic mass is 79.9. The Morgan fingerprint density at radius 2 is 1.95 bits per heavy atom. The average Bonchev–Trinajstić information content (AvgIpc) is 2.37. The number of nitrogens with one attached hydrogen (secondary N) is 1. The van der Waals surface area contributed by atoms with E-state index in [9.17, 15) is 8.42 Å². The van der Waals surface area contributed by atoms with Crippen LogP contribution in [0.3, 0.4) is 0 Å². The van der Waals surface area contributed by atoms with Crippen LogP contribution in [0.5, 0.6) is 0 Å². The Morgan fingerprint density at radius 3 is 2.52 bits per heavy atom. The summed E-state index contributed by atoms with van der Waals surface area (Å²) in [5.41, 5.74) is 7.46. The monoisotopic (exact) mass is 384 g/mol. The van der Waals surface area contributed by atoms with Crippen LogP contribution in [0.2, 0.25) is 0 Å². The highest BCUT2D eigenvalue weighted by Gasteiger charge is 2.16. The van der Waals surface area contributed by atoms with Crippen molar-refractivity contribution in [1.82, 2.24) is 0 Å². The number of sulfonamides is 1. The summed E-state index contributed by atoms with van der Waals surface area (Å²) in [6, 6.07) is 11.6. The maximum absolute atomic E-state index is 12.4. The zero-order valence-electron chi connectivity index (χ0n) is 11.1. The Balaban J connectivity index is 2.36. The number of anilines is 1. The molecule has 0 saturated heterocycles. The van der Waals surface area contributed by atoms with Gasteiger partial charge in [-0.15, -0.1) is 0 Å². The van der Waals surface area contributed by atoms with E-state index >= 15 is 0 Å². The Kier molecular flexibility index (Phi) is 4.65. The largest absolute Gasteiger partial charge is 0.389 e. The van der Waals surface area contributed by atoms with Gasteiger partial charge in [0, 0.05) is 15.7 Å². The topological polar surface area (TPSA) is 72.2 Å². The van der Waals surface area contributed by atoms with Gasteiger partial charge in [-0.05, 0) is 42.8 Å². The Hall–Kier alpha value is -1.44. The molecule has 0 aliphatic rings. The van der Waals surface area contributed by atoms with Gasteiger partial charge in [0.2, 0.25) is 0 Å². The van der Waals surface area contributed by atoms with Crippen LogP contribution in [0.4, 0.5) is 5.69 Å². The molecule has 0 bridgehead atoms. The summed E-state index contributed by atoms with van der Waals surface area (Å²) in [7, 11) is -3.65. The molecule has 4 nitrogen and oxygen atoms in total. The predicted octanol–water partition coefficient (Wildman–Crippen LogP) is 3.19. The summed E-state index contributed by atoms with van der Waals surface area (Å²) in [5, 5.41) is 0. The van der Waals surface area contributed by atoms with E-state index in [0.717, 1.165) is 10.0 Å². The molecule has 7 heteroatoms. The fourth-order valence-corrected chi connectivity index (χ4v) is 3.61. The number of hydrogen-bond acceptors (Lipinski definition) is 3. The zero-order valence-corrected chi connectivity index (χ0v) is 14.3. The lowest BCUT2D eigenvalue weighted by atomic mass is 10.1.